The summed E-state index contributed by atoms with van der Waals surface area (Å²) in [6, 6.07) is 5.21. The van der Waals surface area contributed by atoms with Gasteiger partial charge in [-0.05, 0) is 80.8 Å². The van der Waals surface area contributed by atoms with Crippen LogP contribution in [0.15, 0.2) is 18.2 Å². The van der Waals surface area contributed by atoms with Gasteiger partial charge in [0.1, 0.15) is 0 Å². The van der Waals surface area contributed by atoms with Crippen LogP contribution in [-0.2, 0) is 14.3 Å². The maximum Gasteiger partial charge on any atom is 0.307 e. The smallest absolute Gasteiger partial charge is 0.307 e. The largest absolute Gasteiger partial charge is 0.454 e. The molecule has 1 aromatic carbocycles. The van der Waals surface area contributed by atoms with Crippen LogP contribution < -0.4 is 14.8 Å². The zero-order valence-corrected chi connectivity index (χ0v) is 16.2. The van der Waals surface area contributed by atoms with E-state index in [-0.39, 0.29) is 24.1 Å². The monoisotopic (exact) mass is 385 g/mol. The minimum atomic E-state index is -0.827. The van der Waals surface area contributed by atoms with Gasteiger partial charge in [0.05, 0.1) is 6.42 Å². The van der Waals surface area contributed by atoms with Gasteiger partial charge in [-0.15, -0.1) is 0 Å². The molecule has 4 fully saturated rings. The van der Waals surface area contributed by atoms with Crippen molar-refractivity contribution in [3.8, 4) is 11.5 Å². The van der Waals surface area contributed by atoms with E-state index >= 15 is 0 Å². The Kier molecular flexibility index (Phi) is 4.25. The van der Waals surface area contributed by atoms with Crippen molar-refractivity contribution in [2.45, 2.75) is 58.0 Å². The van der Waals surface area contributed by atoms with Crippen LogP contribution in [0.2, 0.25) is 0 Å². The number of benzene rings is 1. The first kappa shape index (κ1) is 17.8. The van der Waals surface area contributed by atoms with Crippen molar-refractivity contribution >= 4 is 17.6 Å². The zero-order valence-electron chi connectivity index (χ0n) is 16.2. The van der Waals surface area contributed by atoms with E-state index in [0.29, 0.717) is 23.6 Å². The molecule has 1 N–H and O–H groups in total. The first-order chi connectivity index (χ1) is 13.5. The van der Waals surface area contributed by atoms with E-state index in [1.165, 1.54) is 19.3 Å². The highest BCUT2D eigenvalue weighted by atomic mass is 16.7. The van der Waals surface area contributed by atoms with Gasteiger partial charge in [-0.3, -0.25) is 9.59 Å². The molecule has 150 valence electrons. The summed E-state index contributed by atoms with van der Waals surface area (Å²) < 4.78 is 16.1. The highest BCUT2D eigenvalue weighted by Gasteiger charge is 2.51. The average molecular weight is 385 g/mol. The summed E-state index contributed by atoms with van der Waals surface area (Å²) in [5.41, 5.74) is 0.720. The summed E-state index contributed by atoms with van der Waals surface area (Å²) in [6.45, 7) is 1.81. The number of fused-ring (bicyclic) bond motifs is 1. The van der Waals surface area contributed by atoms with Gasteiger partial charge in [-0.2, -0.15) is 0 Å². The molecule has 1 amide bonds. The number of rotatable bonds is 5. The van der Waals surface area contributed by atoms with Crippen molar-refractivity contribution in [3.63, 3.8) is 0 Å². The Morgan fingerprint density at radius 2 is 1.75 bits per heavy atom. The first-order valence-corrected chi connectivity index (χ1v) is 10.4. The van der Waals surface area contributed by atoms with Gasteiger partial charge in [0.25, 0.3) is 5.91 Å². The summed E-state index contributed by atoms with van der Waals surface area (Å²) >= 11 is 0. The van der Waals surface area contributed by atoms with E-state index < -0.39 is 6.10 Å². The lowest BCUT2D eigenvalue weighted by Crippen LogP contribution is -2.47. The molecule has 0 aromatic heterocycles. The Morgan fingerprint density at radius 3 is 2.43 bits per heavy atom. The lowest BCUT2D eigenvalue weighted by atomic mass is 9.49. The third-order valence-electron chi connectivity index (χ3n) is 7.00. The van der Waals surface area contributed by atoms with E-state index in [4.69, 9.17) is 14.2 Å². The van der Waals surface area contributed by atoms with Crippen molar-refractivity contribution in [1.82, 2.24) is 0 Å². The predicted octanol–water partition coefficient (Wildman–Crippen LogP) is 3.89. The Bertz CT molecular complexity index is 769. The summed E-state index contributed by atoms with van der Waals surface area (Å²) in [6.07, 6.45) is 7.15. The quantitative estimate of drug-likeness (QED) is 0.779. The second-order valence-electron chi connectivity index (χ2n) is 9.28. The average Bonchev–Trinajstić information content (AvgIpc) is 3.07. The van der Waals surface area contributed by atoms with Crippen LogP contribution in [-0.4, -0.2) is 24.8 Å². The Labute approximate surface area is 164 Å². The van der Waals surface area contributed by atoms with Crippen molar-refractivity contribution in [2.75, 3.05) is 12.1 Å². The molecule has 0 spiro atoms. The van der Waals surface area contributed by atoms with Gasteiger partial charge >= 0.3 is 5.97 Å². The number of anilines is 1. The van der Waals surface area contributed by atoms with E-state index in [1.807, 2.05) is 0 Å². The maximum absolute atomic E-state index is 12.6. The van der Waals surface area contributed by atoms with Gasteiger partial charge in [-0.25, -0.2) is 0 Å². The number of esters is 1. The lowest BCUT2D eigenvalue weighted by Gasteiger charge is -2.56. The minimum Gasteiger partial charge on any atom is -0.454 e. The number of nitrogens with one attached hydrogen (secondary N) is 1. The normalized spacial score (nSPS) is 32.8. The van der Waals surface area contributed by atoms with Crippen LogP contribution >= 0.6 is 0 Å². The molecule has 0 radical (unpaired) electrons. The molecular formula is C22H27NO5. The van der Waals surface area contributed by atoms with Gasteiger partial charge < -0.3 is 19.5 Å². The second-order valence-corrected chi connectivity index (χ2v) is 9.28. The van der Waals surface area contributed by atoms with Crippen molar-refractivity contribution in [3.05, 3.63) is 18.2 Å². The molecule has 28 heavy (non-hydrogen) atoms. The van der Waals surface area contributed by atoms with Gasteiger partial charge in [0.15, 0.2) is 17.6 Å². The third kappa shape index (κ3) is 3.33. The number of amides is 1. The molecule has 4 saturated carbocycles. The van der Waals surface area contributed by atoms with E-state index in [2.05, 4.69) is 5.32 Å². The third-order valence-corrected chi connectivity index (χ3v) is 7.00. The Morgan fingerprint density at radius 1 is 1.11 bits per heavy atom. The Hall–Kier alpha value is -2.24. The fourth-order valence-electron chi connectivity index (χ4n) is 6.32. The van der Waals surface area contributed by atoms with Gasteiger partial charge in [0, 0.05) is 11.8 Å². The number of carbonyl (C=O) groups excluding carboxylic acids is 2. The summed E-state index contributed by atoms with van der Waals surface area (Å²) in [7, 11) is 0. The number of hydrogen-bond donors (Lipinski definition) is 1. The molecule has 0 saturated heterocycles. The molecule has 0 unspecified atom stereocenters. The molecule has 1 aliphatic heterocycles. The van der Waals surface area contributed by atoms with Gasteiger partial charge in [0.2, 0.25) is 6.79 Å². The molecule has 1 atom stereocenters. The van der Waals surface area contributed by atoms with Crippen molar-refractivity contribution in [2.24, 2.45) is 23.2 Å². The first-order valence-electron chi connectivity index (χ1n) is 10.4. The van der Waals surface area contributed by atoms with E-state index in [0.717, 1.165) is 37.0 Å². The number of ether oxygens (including phenoxy) is 3. The predicted molar refractivity (Wildman–Crippen MR) is 102 cm³/mol. The summed E-state index contributed by atoms with van der Waals surface area (Å²) in [4.78, 5) is 25.1. The molecule has 4 aliphatic carbocycles. The van der Waals surface area contributed by atoms with Crippen LogP contribution in [0.3, 0.4) is 0 Å². The Balaban J connectivity index is 1.17. The zero-order chi connectivity index (χ0) is 19.3. The highest BCUT2D eigenvalue weighted by Crippen LogP contribution is 2.61. The molecular weight excluding hydrogens is 358 g/mol. The highest BCUT2D eigenvalue weighted by molar-refractivity contribution is 5.95. The topological polar surface area (TPSA) is 73.9 Å². The molecule has 6 heteroatoms. The van der Waals surface area contributed by atoms with Crippen LogP contribution in [0, 0.1) is 23.2 Å². The summed E-state index contributed by atoms with van der Waals surface area (Å²) in [5, 5.41) is 2.78. The minimum absolute atomic E-state index is 0.124. The van der Waals surface area contributed by atoms with Crippen molar-refractivity contribution < 1.29 is 23.8 Å². The van der Waals surface area contributed by atoms with Crippen LogP contribution in [0.5, 0.6) is 11.5 Å². The van der Waals surface area contributed by atoms with E-state index in [9.17, 15) is 9.59 Å². The molecule has 1 aromatic rings. The molecule has 5 aliphatic rings. The molecule has 1 heterocycles. The van der Waals surface area contributed by atoms with E-state index in [1.54, 1.807) is 25.1 Å². The molecule has 4 bridgehead atoms. The number of hydrogen-bond acceptors (Lipinski definition) is 5. The molecule has 6 rings (SSSR count). The standard InChI is InChI=1S/C22H27NO5/c1-13(21(25)23-17-2-3-18-19(7-17)27-12-26-18)28-20(24)11-22-8-14-4-15(9-22)6-16(5-14)10-22/h2-3,7,13-16H,4-6,8-12H2,1H3,(H,23,25)/t13-,14?,15?,16?,22?/m1/s1. The fraction of sp³-hybridized carbons (Fsp3) is 0.636. The van der Waals surface area contributed by atoms with Crippen LogP contribution in [0.4, 0.5) is 5.69 Å². The number of carbonyl (C=O) groups is 2. The van der Waals surface area contributed by atoms with Crippen molar-refractivity contribution in [1.29, 1.82) is 0 Å². The van der Waals surface area contributed by atoms with Crippen LogP contribution in [0.25, 0.3) is 0 Å². The summed E-state index contributed by atoms with van der Waals surface area (Å²) in [5.74, 6) is 3.08. The maximum atomic E-state index is 12.6. The lowest BCUT2D eigenvalue weighted by molar-refractivity contribution is -0.160. The van der Waals surface area contributed by atoms with Gasteiger partial charge in [-0.1, -0.05) is 0 Å². The molecule has 6 nitrogen and oxygen atoms in total. The van der Waals surface area contributed by atoms with Crippen LogP contribution in [0.1, 0.15) is 51.9 Å². The fourth-order valence-corrected chi connectivity index (χ4v) is 6.32. The SMILES string of the molecule is C[C@@H](OC(=O)CC12CC3CC(CC(C3)C1)C2)C(=O)Nc1ccc2c(c1)OCO2. The second kappa shape index (κ2) is 6.68.